The van der Waals surface area contributed by atoms with Gasteiger partial charge in [0.2, 0.25) is 5.95 Å². The standard InChI is InChI=1S/C15H11F2N5O2/c16-7-1-2-8(9(17)5-7)13-12(24-15(19)23)6-11(21-13)10-3-4-20-14(18)22-10/h1-6,21H,(H2,19,23)(H2,18,20,22). The van der Waals surface area contributed by atoms with Crippen molar-refractivity contribution in [2.45, 2.75) is 0 Å². The molecule has 1 amide bonds. The fraction of sp³-hybridized carbons (Fsp3) is 0. The smallest absolute Gasteiger partial charge is 0.408 e. The fourth-order valence-electron chi connectivity index (χ4n) is 2.18. The quantitative estimate of drug-likeness (QED) is 0.681. The van der Waals surface area contributed by atoms with E-state index in [4.69, 9.17) is 16.2 Å². The molecule has 0 atom stereocenters. The number of aromatic nitrogens is 3. The van der Waals surface area contributed by atoms with Crippen molar-refractivity contribution in [2.24, 2.45) is 5.73 Å². The van der Waals surface area contributed by atoms with E-state index in [-0.39, 0.29) is 23.0 Å². The van der Waals surface area contributed by atoms with Crippen LogP contribution in [0.1, 0.15) is 0 Å². The highest BCUT2D eigenvalue weighted by Gasteiger charge is 2.18. The van der Waals surface area contributed by atoms with Gasteiger partial charge in [-0.25, -0.2) is 23.5 Å². The van der Waals surface area contributed by atoms with Crippen LogP contribution >= 0.6 is 0 Å². The van der Waals surface area contributed by atoms with Crippen LogP contribution in [0.4, 0.5) is 19.5 Å². The van der Waals surface area contributed by atoms with E-state index in [0.717, 1.165) is 6.07 Å². The summed E-state index contributed by atoms with van der Waals surface area (Å²) in [6, 6.07) is 5.97. The maximum atomic E-state index is 14.1. The van der Waals surface area contributed by atoms with Crippen LogP contribution in [0.5, 0.6) is 5.75 Å². The van der Waals surface area contributed by atoms with Gasteiger partial charge in [0.1, 0.15) is 11.6 Å². The molecule has 0 aliphatic rings. The van der Waals surface area contributed by atoms with Gasteiger partial charge in [0, 0.05) is 23.9 Å². The van der Waals surface area contributed by atoms with E-state index in [9.17, 15) is 13.6 Å². The second-order valence-corrected chi connectivity index (χ2v) is 4.77. The Bertz CT molecular complexity index is 926. The number of hydrogen-bond donors (Lipinski definition) is 3. The van der Waals surface area contributed by atoms with Crippen molar-refractivity contribution in [2.75, 3.05) is 5.73 Å². The highest BCUT2D eigenvalue weighted by Crippen LogP contribution is 2.35. The van der Waals surface area contributed by atoms with E-state index in [0.29, 0.717) is 17.5 Å². The Morgan fingerprint density at radius 2 is 2.00 bits per heavy atom. The van der Waals surface area contributed by atoms with Gasteiger partial charge in [-0.15, -0.1) is 0 Å². The lowest BCUT2D eigenvalue weighted by Gasteiger charge is -2.05. The molecule has 0 saturated carbocycles. The van der Waals surface area contributed by atoms with Crippen molar-refractivity contribution in [3.63, 3.8) is 0 Å². The Kier molecular flexibility index (Phi) is 3.82. The summed E-state index contributed by atoms with van der Waals surface area (Å²) in [7, 11) is 0. The third-order valence-corrected chi connectivity index (χ3v) is 3.14. The Balaban J connectivity index is 2.15. The topological polar surface area (TPSA) is 120 Å². The number of H-pyrrole nitrogens is 1. The van der Waals surface area contributed by atoms with Gasteiger partial charge < -0.3 is 21.2 Å². The number of carbonyl (C=O) groups excluding carboxylic acids is 1. The van der Waals surface area contributed by atoms with Gasteiger partial charge in [-0.1, -0.05) is 0 Å². The summed E-state index contributed by atoms with van der Waals surface area (Å²) in [5.74, 6) is -1.56. The number of carbonyl (C=O) groups is 1. The van der Waals surface area contributed by atoms with Crippen molar-refractivity contribution in [1.29, 1.82) is 0 Å². The molecule has 7 nitrogen and oxygen atoms in total. The largest absolute Gasteiger partial charge is 0.410 e. The van der Waals surface area contributed by atoms with E-state index in [1.807, 2.05) is 0 Å². The predicted octanol–water partition coefficient (Wildman–Crippen LogP) is 2.46. The molecule has 2 aromatic heterocycles. The van der Waals surface area contributed by atoms with Crippen LogP contribution < -0.4 is 16.2 Å². The minimum Gasteiger partial charge on any atom is -0.408 e. The van der Waals surface area contributed by atoms with Crippen molar-refractivity contribution in [3.05, 3.63) is 48.2 Å². The first kappa shape index (κ1) is 15.4. The average Bonchev–Trinajstić information content (AvgIpc) is 2.90. The first-order valence-corrected chi connectivity index (χ1v) is 6.68. The Labute approximate surface area is 134 Å². The van der Waals surface area contributed by atoms with Crippen LogP contribution in [0.2, 0.25) is 0 Å². The molecule has 3 rings (SSSR count). The number of nitrogens with one attached hydrogen (secondary N) is 1. The maximum absolute atomic E-state index is 14.1. The molecule has 9 heteroatoms. The molecule has 24 heavy (non-hydrogen) atoms. The summed E-state index contributed by atoms with van der Waals surface area (Å²) in [5, 5.41) is 0. The molecule has 1 aromatic carbocycles. The fourth-order valence-corrected chi connectivity index (χ4v) is 2.18. The normalized spacial score (nSPS) is 10.6. The van der Waals surface area contributed by atoms with E-state index in [2.05, 4.69) is 15.0 Å². The van der Waals surface area contributed by atoms with E-state index < -0.39 is 17.7 Å². The van der Waals surface area contributed by atoms with Gasteiger partial charge in [0.25, 0.3) is 0 Å². The summed E-state index contributed by atoms with van der Waals surface area (Å²) >= 11 is 0. The molecule has 0 saturated heterocycles. The summed E-state index contributed by atoms with van der Waals surface area (Å²) in [6.45, 7) is 0. The van der Waals surface area contributed by atoms with Crippen LogP contribution in [0.25, 0.3) is 22.6 Å². The first-order chi connectivity index (χ1) is 11.4. The molecular weight excluding hydrogens is 320 g/mol. The molecule has 2 heterocycles. The number of halogens is 2. The minimum absolute atomic E-state index is 0.000859. The molecule has 0 bridgehead atoms. The number of amides is 1. The Hall–Kier alpha value is -3.49. The predicted molar refractivity (Wildman–Crippen MR) is 81.8 cm³/mol. The summed E-state index contributed by atoms with van der Waals surface area (Å²) in [5.41, 5.74) is 11.5. The Morgan fingerprint density at radius 1 is 1.21 bits per heavy atom. The minimum atomic E-state index is -1.08. The Morgan fingerprint density at radius 3 is 2.67 bits per heavy atom. The number of primary amides is 1. The van der Waals surface area contributed by atoms with Gasteiger partial charge in [-0.2, -0.15) is 0 Å². The number of nitrogens with two attached hydrogens (primary N) is 2. The second kappa shape index (κ2) is 5.95. The van der Waals surface area contributed by atoms with Crippen LogP contribution in [0.15, 0.2) is 36.5 Å². The molecule has 0 spiro atoms. The van der Waals surface area contributed by atoms with E-state index >= 15 is 0 Å². The second-order valence-electron chi connectivity index (χ2n) is 4.77. The number of anilines is 1. The van der Waals surface area contributed by atoms with Crippen molar-refractivity contribution in [3.8, 4) is 28.4 Å². The number of hydrogen-bond acceptors (Lipinski definition) is 5. The average molecular weight is 331 g/mol. The molecule has 0 unspecified atom stereocenters. The molecule has 0 aliphatic carbocycles. The van der Waals surface area contributed by atoms with Crippen LogP contribution in [-0.4, -0.2) is 21.0 Å². The van der Waals surface area contributed by atoms with Gasteiger partial charge in [-0.05, 0) is 18.2 Å². The molecular formula is C15H11F2N5O2. The molecule has 5 N–H and O–H groups in total. The van der Waals surface area contributed by atoms with Crippen molar-refractivity contribution >= 4 is 12.0 Å². The first-order valence-electron chi connectivity index (χ1n) is 6.68. The number of ether oxygens (including phenoxy) is 1. The zero-order chi connectivity index (χ0) is 17.3. The van der Waals surface area contributed by atoms with E-state index in [1.54, 1.807) is 6.07 Å². The number of nitrogens with zero attached hydrogens (tertiary/aromatic N) is 2. The molecule has 3 aromatic rings. The zero-order valence-corrected chi connectivity index (χ0v) is 12.1. The SMILES string of the molecule is NC(=O)Oc1cc(-c2ccnc(N)n2)[nH]c1-c1ccc(F)cc1F. The number of rotatable bonds is 3. The molecule has 122 valence electrons. The van der Waals surface area contributed by atoms with Crippen LogP contribution in [0, 0.1) is 11.6 Å². The lowest BCUT2D eigenvalue weighted by molar-refractivity contribution is 0.211. The van der Waals surface area contributed by atoms with Gasteiger partial charge in [-0.3, -0.25) is 0 Å². The van der Waals surface area contributed by atoms with Crippen molar-refractivity contribution in [1.82, 2.24) is 15.0 Å². The maximum Gasteiger partial charge on any atom is 0.410 e. The summed E-state index contributed by atoms with van der Waals surface area (Å²) < 4.78 is 32.0. The van der Waals surface area contributed by atoms with Crippen LogP contribution in [0.3, 0.4) is 0 Å². The highest BCUT2D eigenvalue weighted by molar-refractivity contribution is 5.78. The van der Waals surface area contributed by atoms with E-state index in [1.165, 1.54) is 18.3 Å². The third-order valence-electron chi connectivity index (χ3n) is 3.14. The lowest BCUT2D eigenvalue weighted by Crippen LogP contribution is -2.16. The van der Waals surface area contributed by atoms with Gasteiger partial charge in [0.15, 0.2) is 5.75 Å². The third kappa shape index (κ3) is 3.00. The monoisotopic (exact) mass is 331 g/mol. The molecule has 0 fully saturated rings. The highest BCUT2D eigenvalue weighted by atomic mass is 19.1. The molecule has 0 aliphatic heterocycles. The lowest BCUT2D eigenvalue weighted by atomic mass is 10.1. The summed E-state index contributed by atoms with van der Waals surface area (Å²) in [4.78, 5) is 21.7. The summed E-state index contributed by atoms with van der Waals surface area (Å²) in [6.07, 6.45) is 0.358. The van der Waals surface area contributed by atoms with Crippen LogP contribution in [-0.2, 0) is 0 Å². The zero-order valence-electron chi connectivity index (χ0n) is 12.1. The van der Waals surface area contributed by atoms with Crippen molar-refractivity contribution < 1.29 is 18.3 Å². The van der Waals surface area contributed by atoms with Gasteiger partial charge in [0.05, 0.1) is 17.1 Å². The number of aromatic amines is 1. The molecule has 0 radical (unpaired) electrons. The number of nitrogen functional groups attached to an aromatic ring is 1. The number of benzene rings is 1. The van der Waals surface area contributed by atoms with Gasteiger partial charge >= 0.3 is 6.09 Å².